The molecule has 1 saturated heterocycles. The number of piperidine rings is 1. The van der Waals surface area contributed by atoms with Gasteiger partial charge in [0.25, 0.3) is 0 Å². The van der Waals surface area contributed by atoms with E-state index >= 15 is 0 Å². The molecule has 0 unspecified atom stereocenters. The number of hydrogen-bond acceptors (Lipinski definition) is 3. The van der Waals surface area contributed by atoms with Crippen molar-refractivity contribution in [1.29, 1.82) is 0 Å². The summed E-state index contributed by atoms with van der Waals surface area (Å²) in [6, 6.07) is 4.06. The van der Waals surface area contributed by atoms with E-state index in [0.717, 1.165) is 36.1 Å². The number of aromatic nitrogens is 1. The standard InChI is InChI=1S/C16H26N2O/c1-12-5-7-18(8-6-12)15-10-13(11-19)9-14(17-15)16(2,3)4/h9-10,12,19H,5-8,11H2,1-4H3. The van der Waals surface area contributed by atoms with Crippen LogP contribution >= 0.6 is 0 Å². The first-order valence-electron chi connectivity index (χ1n) is 7.27. The van der Waals surface area contributed by atoms with Gasteiger partial charge in [-0.3, -0.25) is 0 Å². The molecule has 0 bridgehead atoms. The summed E-state index contributed by atoms with van der Waals surface area (Å²) >= 11 is 0. The fourth-order valence-corrected chi connectivity index (χ4v) is 2.45. The number of nitrogens with zero attached hydrogens (tertiary/aromatic N) is 2. The Morgan fingerprint density at radius 3 is 2.42 bits per heavy atom. The SMILES string of the molecule is CC1CCN(c2cc(CO)cc(C(C)(C)C)n2)CC1. The molecule has 0 atom stereocenters. The first kappa shape index (κ1) is 14.3. The van der Waals surface area contributed by atoms with Crippen molar-refractivity contribution in [2.75, 3.05) is 18.0 Å². The predicted octanol–water partition coefficient (Wildman–Crippen LogP) is 3.11. The molecule has 1 fully saturated rings. The summed E-state index contributed by atoms with van der Waals surface area (Å²) in [4.78, 5) is 7.17. The molecule has 3 nitrogen and oxygen atoms in total. The van der Waals surface area contributed by atoms with E-state index in [4.69, 9.17) is 4.98 Å². The second-order valence-corrected chi connectivity index (χ2v) is 6.80. The number of anilines is 1. The van der Waals surface area contributed by atoms with Crippen LogP contribution < -0.4 is 4.90 Å². The first-order chi connectivity index (χ1) is 8.90. The molecule has 0 radical (unpaired) electrons. The third-order valence-electron chi connectivity index (χ3n) is 3.93. The van der Waals surface area contributed by atoms with E-state index in [-0.39, 0.29) is 12.0 Å². The average Bonchev–Trinajstić information content (AvgIpc) is 2.38. The van der Waals surface area contributed by atoms with E-state index in [1.807, 2.05) is 12.1 Å². The molecule has 0 spiro atoms. The van der Waals surface area contributed by atoms with Crippen LogP contribution in [0.15, 0.2) is 12.1 Å². The molecule has 1 aromatic rings. The molecule has 0 saturated carbocycles. The highest BCUT2D eigenvalue weighted by molar-refractivity contribution is 5.44. The van der Waals surface area contributed by atoms with Crippen LogP contribution in [0.1, 0.15) is 51.8 Å². The van der Waals surface area contributed by atoms with Crippen LogP contribution in [0.4, 0.5) is 5.82 Å². The Morgan fingerprint density at radius 2 is 1.89 bits per heavy atom. The number of aliphatic hydroxyl groups is 1. The molecule has 1 N–H and O–H groups in total. The van der Waals surface area contributed by atoms with Gasteiger partial charge in [-0.2, -0.15) is 0 Å². The Morgan fingerprint density at radius 1 is 1.26 bits per heavy atom. The van der Waals surface area contributed by atoms with Gasteiger partial charge in [0.05, 0.1) is 6.61 Å². The van der Waals surface area contributed by atoms with E-state index in [2.05, 4.69) is 32.6 Å². The van der Waals surface area contributed by atoms with Gasteiger partial charge in [-0.25, -0.2) is 4.98 Å². The molecule has 19 heavy (non-hydrogen) atoms. The number of hydrogen-bond donors (Lipinski definition) is 1. The number of aliphatic hydroxyl groups excluding tert-OH is 1. The van der Waals surface area contributed by atoms with Crippen molar-refractivity contribution in [2.24, 2.45) is 5.92 Å². The van der Waals surface area contributed by atoms with Gasteiger partial charge in [0, 0.05) is 24.2 Å². The molecule has 2 rings (SSSR count). The lowest BCUT2D eigenvalue weighted by molar-refractivity contribution is 0.281. The normalized spacial score (nSPS) is 17.8. The third kappa shape index (κ3) is 3.47. The van der Waals surface area contributed by atoms with Crippen molar-refractivity contribution in [3.05, 3.63) is 23.4 Å². The van der Waals surface area contributed by atoms with E-state index in [1.54, 1.807) is 0 Å². The fourth-order valence-electron chi connectivity index (χ4n) is 2.45. The number of pyridine rings is 1. The molecular weight excluding hydrogens is 236 g/mol. The Labute approximate surface area is 116 Å². The van der Waals surface area contributed by atoms with Crippen molar-refractivity contribution in [1.82, 2.24) is 4.98 Å². The van der Waals surface area contributed by atoms with Crippen molar-refractivity contribution in [2.45, 2.75) is 52.6 Å². The van der Waals surface area contributed by atoms with Crippen LogP contribution in [0.3, 0.4) is 0 Å². The second kappa shape index (κ2) is 5.49. The minimum absolute atomic E-state index is 0.0169. The highest BCUT2D eigenvalue weighted by Crippen LogP contribution is 2.27. The largest absolute Gasteiger partial charge is 0.392 e. The Balaban J connectivity index is 2.29. The predicted molar refractivity (Wildman–Crippen MR) is 79.5 cm³/mol. The summed E-state index contributed by atoms with van der Waals surface area (Å²) in [5.74, 6) is 1.85. The zero-order chi connectivity index (χ0) is 14.0. The highest BCUT2D eigenvalue weighted by Gasteiger charge is 2.21. The van der Waals surface area contributed by atoms with Crippen LogP contribution in [0.2, 0.25) is 0 Å². The summed E-state index contributed by atoms with van der Waals surface area (Å²) in [6.45, 7) is 11.0. The summed E-state index contributed by atoms with van der Waals surface area (Å²) < 4.78 is 0. The Kier molecular flexibility index (Phi) is 4.14. The molecular formula is C16H26N2O. The summed E-state index contributed by atoms with van der Waals surface area (Å²) in [7, 11) is 0. The first-order valence-corrected chi connectivity index (χ1v) is 7.27. The van der Waals surface area contributed by atoms with Gasteiger partial charge in [0.1, 0.15) is 5.82 Å². The topological polar surface area (TPSA) is 36.4 Å². The lowest BCUT2D eigenvalue weighted by Gasteiger charge is -2.32. The van der Waals surface area contributed by atoms with E-state index in [1.165, 1.54) is 12.8 Å². The lowest BCUT2D eigenvalue weighted by Crippen LogP contribution is -2.34. The van der Waals surface area contributed by atoms with E-state index in [9.17, 15) is 5.11 Å². The Bertz CT molecular complexity index is 429. The van der Waals surface area contributed by atoms with Crippen molar-refractivity contribution >= 4 is 5.82 Å². The van der Waals surface area contributed by atoms with E-state index in [0.29, 0.717) is 0 Å². The molecule has 1 aliphatic rings. The zero-order valence-corrected chi connectivity index (χ0v) is 12.6. The second-order valence-electron chi connectivity index (χ2n) is 6.80. The monoisotopic (exact) mass is 262 g/mol. The maximum absolute atomic E-state index is 9.45. The smallest absolute Gasteiger partial charge is 0.129 e. The quantitative estimate of drug-likeness (QED) is 0.889. The van der Waals surface area contributed by atoms with Gasteiger partial charge in [0.2, 0.25) is 0 Å². The summed E-state index contributed by atoms with van der Waals surface area (Å²) in [5, 5.41) is 9.45. The minimum Gasteiger partial charge on any atom is -0.392 e. The van der Waals surface area contributed by atoms with Crippen molar-refractivity contribution < 1.29 is 5.11 Å². The molecule has 106 valence electrons. The van der Waals surface area contributed by atoms with Crippen LogP contribution in [-0.4, -0.2) is 23.2 Å². The Hall–Kier alpha value is -1.09. The highest BCUT2D eigenvalue weighted by atomic mass is 16.3. The van der Waals surface area contributed by atoms with Gasteiger partial charge in [0.15, 0.2) is 0 Å². The number of rotatable bonds is 2. The molecule has 2 heterocycles. The van der Waals surface area contributed by atoms with Crippen molar-refractivity contribution in [3.8, 4) is 0 Å². The zero-order valence-electron chi connectivity index (χ0n) is 12.6. The molecule has 0 aromatic carbocycles. The maximum Gasteiger partial charge on any atom is 0.129 e. The van der Waals surface area contributed by atoms with Crippen LogP contribution in [0.25, 0.3) is 0 Å². The van der Waals surface area contributed by atoms with Crippen molar-refractivity contribution in [3.63, 3.8) is 0 Å². The van der Waals surface area contributed by atoms with Crippen LogP contribution in [-0.2, 0) is 12.0 Å². The molecule has 1 aromatic heterocycles. The summed E-state index contributed by atoms with van der Waals surface area (Å²) in [6.07, 6.45) is 2.46. The fraction of sp³-hybridized carbons (Fsp3) is 0.688. The maximum atomic E-state index is 9.45. The van der Waals surface area contributed by atoms with Crippen LogP contribution in [0, 0.1) is 5.92 Å². The van der Waals surface area contributed by atoms with Gasteiger partial charge < -0.3 is 10.0 Å². The van der Waals surface area contributed by atoms with Gasteiger partial charge in [-0.05, 0) is 36.5 Å². The van der Waals surface area contributed by atoms with Gasteiger partial charge in [-0.15, -0.1) is 0 Å². The molecule has 3 heteroatoms. The lowest BCUT2D eigenvalue weighted by atomic mass is 9.90. The molecule has 0 aliphatic carbocycles. The third-order valence-corrected chi connectivity index (χ3v) is 3.93. The van der Waals surface area contributed by atoms with Gasteiger partial charge >= 0.3 is 0 Å². The van der Waals surface area contributed by atoms with Crippen LogP contribution in [0.5, 0.6) is 0 Å². The van der Waals surface area contributed by atoms with E-state index < -0.39 is 0 Å². The minimum atomic E-state index is 0.0169. The van der Waals surface area contributed by atoms with Gasteiger partial charge in [-0.1, -0.05) is 27.7 Å². The molecule has 0 amide bonds. The molecule has 1 aliphatic heterocycles. The summed E-state index contributed by atoms with van der Waals surface area (Å²) in [5.41, 5.74) is 2.05. The average molecular weight is 262 g/mol.